The molecule has 0 aliphatic carbocycles. The molecule has 1 heterocycles. The van der Waals surface area contributed by atoms with Gasteiger partial charge in [0.25, 0.3) is 6.01 Å². The highest BCUT2D eigenvalue weighted by Gasteiger charge is 2.20. The third kappa shape index (κ3) is 2.96. The number of hydrogen-bond acceptors (Lipinski definition) is 3. The summed E-state index contributed by atoms with van der Waals surface area (Å²) >= 11 is 0. The van der Waals surface area contributed by atoms with Gasteiger partial charge in [0, 0.05) is 31.2 Å². The molecule has 0 spiro atoms. The maximum Gasteiger partial charge on any atom is 0.296 e. The van der Waals surface area contributed by atoms with Gasteiger partial charge in [-0.1, -0.05) is 20.8 Å². The van der Waals surface area contributed by atoms with Crippen LogP contribution < -0.4 is 4.74 Å². The highest BCUT2D eigenvalue weighted by molar-refractivity contribution is 5.16. The van der Waals surface area contributed by atoms with Crippen molar-refractivity contribution in [3.05, 3.63) is 11.9 Å². The van der Waals surface area contributed by atoms with E-state index in [1.807, 2.05) is 17.8 Å². The number of aliphatic hydroxyl groups is 1. The first-order valence-electron chi connectivity index (χ1n) is 5.22. The SMILES string of the molecule is Cn1c(C(C)(C)C)cnc1OCCCO. The number of ether oxygens (including phenoxy) is 1. The average molecular weight is 212 g/mol. The molecule has 0 atom stereocenters. The van der Waals surface area contributed by atoms with Crippen molar-refractivity contribution in [2.75, 3.05) is 13.2 Å². The van der Waals surface area contributed by atoms with Crippen LogP contribution in [0.15, 0.2) is 6.20 Å². The van der Waals surface area contributed by atoms with Crippen molar-refractivity contribution >= 4 is 0 Å². The molecular weight excluding hydrogens is 192 g/mol. The summed E-state index contributed by atoms with van der Waals surface area (Å²) in [5.74, 6) is 0. The van der Waals surface area contributed by atoms with Crippen molar-refractivity contribution in [1.29, 1.82) is 0 Å². The van der Waals surface area contributed by atoms with E-state index < -0.39 is 0 Å². The molecule has 1 rings (SSSR count). The van der Waals surface area contributed by atoms with Crippen molar-refractivity contribution in [3.63, 3.8) is 0 Å². The molecule has 1 aromatic rings. The smallest absolute Gasteiger partial charge is 0.296 e. The zero-order valence-corrected chi connectivity index (χ0v) is 9.95. The van der Waals surface area contributed by atoms with Crippen LogP contribution in [0.4, 0.5) is 0 Å². The predicted molar refractivity (Wildman–Crippen MR) is 59.1 cm³/mol. The molecule has 0 aliphatic rings. The molecule has 1 aromatic heterocycles. The van der Waals surface area contributed by atoms with Gasteiger partial charge in [-0.25, -0.2) is 4.98 Å². The van der Waals surface area contributed by atoms with Gasteiger partial charge in [-0.3, -0.25) is 0 Å². The van der Waals surface area contributed by atoms with Crippen LogP contribution in [0.1, 0.15) is 32.9 Å². The molecule has 15 heavy (non-hydrogen) atoms. The fourth-order valence-electron chi connectivity index (χ4n) is 1.45. The Morgan fingerprint density at radius 3 is 2.60 bits per heavy atom. The molecule has 0 unspecified atom stereocenters. The van der Waals surface area contributed by atoms with E-state index in [4.69, 9.17) is 9.84 Å². The molecule has 0 bridgehead atoms. The van der Waals surface area contributed by atoms with E-state index in [1.54, 1.807) is 0 Å². The van der Waals surface area contributed by atoms with Crippen molar-refractivity contribution in [3.8, 4) is 6.01 Å². The molecule has 1 N–H and O–H groups in total. The molecule has 0 radical (unpaired) electrons. The summed E-state index contributed by atoms with van der Waals surface area (Å²) in [5.41, 5.74) is 1.21. The van der Waals surface area contributed by atoms with Gasteiger partial charge < -0.3 is 14.4 Å². The second-order valence-corrected chi connectivity index (χ2v) is 4.66. The Kier molecular flexibility index (Phi) is 3.74. The summed E-state index contributed by atoms with van der Waals surface area (Å²) in [7, 11) is 1.95. The number of rotatable bonds is 4. The Morgan fingerprint density at radius 1 is 1.47 bits per heavy atom. The second kappa shape index (κ2) is 4.66. The third-order valence-electron chi connectivity index (χ3n) is 2.25. The summed E-state index contributed by atoms with van der Waals surface area (Å²) < 4.78 is 7.40. The summed E-state index contributed by atoms with van der Waals surface area (Å²) in [6.07, 6.45) is 2.48. The largest absolute Gasteiger partial charge is 0.465 e. The van der Waals surface area contributed by atoms with Crippen LogP contribution in [0, 0.1) is 0 Å². The van der Waals surface area contributed by atoms with Crippen LogP contribution in [0.3, 0.4) is 0 Å². The lowest BCUT2D eigenvalue weighted by molar-refractivity contribution is 0.219. The lowest BCUT2D eigenvalue weighted by Crippen LogP contribution is -2.16. The predicted octanol–water partition coefficient (Wildman–Crippen LogP) is 1.48. The van der Waals surface area contributed by atoms with Crippen molar-refractivity contribution in [2.45, 2.75) is 32.6 Å². The Balaban J connectivity index is 2.72. The van der Waals surface area contributed by atoms with E-state index in [0.717, 1.165) is 5.69 Å². The molecule has 4 nitrogen and oxygen atoms in total. The second-order valence-electron chi connectivity index (χ2n) is 4.66. The molecule has 0 aliphatic heterocycles. The van der Waals surface area contributed by atoms with Gasteiger partial charge in [0.1, 0.15) is 0 Å². The highest BCUT2D eigenvalue weighted by atomic mass is 16.5. The first-order chi connectivity index (χ1) is 6.96. The van der Waals surface area contributed by atoms with E-state index in [9.17, 15) is 0 Å². The fraction of sp³-hybridized carbons (Fsp3) is 0.727. The Bertz CT molecular complexity index is 313. The Hall–Kier alpha value is -1.03. The number of imidazole rings is 1. The molecular formula is C11H20N2O2. The minimum absolute atomic E-state index is 0.0698. The van der Waals surface area contributed by atoms with Gasteiger partial charge in [0.2, 0.25) is 0 Å². The molecule has 0 fully saturated rings. The average Bonchev–Trinajstić information content (AvgIpc) is 2.47. The Morgan fingerprint density at radius 2 is 2.13 bits per heavy atom. The minimum atomic E-state index is 0.0698. The normalized spacial score (nSPS) is 11.8. The van der Waals surface area contributed by atoms with Crippen LogP contribution in [-0.2, 0) is 12.5 Å². The summed E-state index contributed by atoms with van der Waals surface area (Å²) in [6, 6.07) is 0.619. The molecule has 86 valence electrons. The van der Waals surface area contributed by atoms with Gasteiger partial charge in [-0.15, -0.1) is 0 Å². The van der Waals surface area contributed by atoms with Crippen molar-refractivity contribution in [1.82, 2.24) is 9.55 Å². The van der Waals surface area contributed by atoms with Crippen molar-refractivity contribution < 1.29 is 9.84 Å². The van der Waals surface area contributed by atoms with Crippen molar-refractivity contribution in [2.24, 2.45) is 7.05 Å². The Labute approximate surface area is 90.9 Å². The molecule has 0 saturated carbocycles. The van der Waals surface area contributed by atoms with Gasteiger partial charge >= 0.3 is 0 Å². The van der Waals surface area contributed by atoms with Gasteiger partial charge in [0.05, 0.1) is 12.8 Å². The molecule has 0 saturated heterocycles. The van der Waals surface area contributed by atoms with E-state index in [-0.39, 0.29) is 12.0 Å². The van der Waals surface area contributed by atoms with Crippen LogP contribution in [0.25, 0.3) is 0 Å². The zero-order valence-electron chi connectivity index (χ0n) is 9.95. The topological polar surface area (TPSA) is 47.3 Å². The number of nitrogens with zero attached hydrogens (tertiary/aromatic N) is 2. The lowest BCUT2D eigenvalue weighted by Gasteiger charge is -2.19. The molecule has 0 amide bonds. The standard InChI is InChI=1S/C11H20N2O2/c1-11(2,3)9-8-12-10(13(9)4)15-7-5-6-14/h8,14H,5-7H2,1-4H3. The maximum absolute atomic E-state index is 8.64. The lowest BCUT2D eigenvalue weighted by atomic mass is 9.93. The maximum atomic E-state index is 8.64. The van der Waals surface area contributed by atoms with Gasteiger partial charge in [0.15, 0.2) is 0 Å². The van der Waals surface area contributed by atoms with E-state index in [1.165, 1.54) is 0 Å². The van der Waals surface area contributed by atoms with Crippen LogP contribution >= 0.6 is 0 Å². The minimum Gasteiger partial charge on any atom is -0.465 e. The summed E-state index contributed by atoms with van der Waals surface area (Å²) in [5, 5.41) is 8.64. The quantitative estimate of drug-likeness (QED) is 0.769. The zero-order chi connectivity index (χ0) is 11.5. The van der Waals surface area contributed by atoms with E-state index >= 15 is 0 Å². The molecule has 0 aromatic carbocycles. The number of aromatic nitrogens is 2. The highest BCUT2D eigenvalue weighted by Crippen LogP contribution is 2.24. The van der Waals surface area contributed by atoms with Gasteiger partial charge in [-0.2, -0.15) is 0 Å². The molecule has 4 heteroatoms. The van der Waals surface area contributed by atoms with Crippen LogP contribution in [0.5, 0.6) is 6.01 Å². The number of hydrogen-bond donors (Lipinski definition) is 1. The van der Waals surface area contributed by atoms with Crippen LogP contribution in [0.2, 0.25) is 0 Å². The van der Waals surface area contributed by atoms with Gasteiger partial charge in [-0.05, 0) is 0 Å². The first-order valence-corrected chi connectivity index (χ1v) is 5.22. The van der Waals surface area contributed by atoms with Crippen LogP contribution in [-0.4, -0.2) is 27.9 Å². The summed E-state index contributed by atoms with van der Waals surface area (Å²) in [4.78, 5) is 4.21. The third-order valence-corrected chi connectivity index (χ3v) is 2.25. The van der Waals surface area contributed by atoms with E-state index in [0.29, 0.717) is 19.0 Å². The van der Waals surface area contributed by atoms with E-state index in [2.05, 4.69) is 25.8 Å². The number of aliphatic hydroxyl groups excluding tert-OH is 1. The fourth-order valence-corrected chi connectivity index (χ4v) is 1.45. The summed E-state index contributed by atoms with van der Waals surface area (Å²) in [6.45, 7) is 7.08. The monoisotopic (exact) mass is 212 g/mol. The first kappa shape index (κ1) is 12.0.